The van der Waals surface area contributed by atoms with Gasteiger partial charge in [0.25, 0.3) is 0 Å². The maximum absolute atomic E-state index is 12.8. The van der Waals surface area contributed by atoms with Gasteiger partial charge in [-0.3, -0.25) is 9.48 Å². The molecule has 1 atom stereocenters. The zero-order chi connectivity index (χ0) is 20.4. The van der Waals surface area contributed by atoms with Gasteiger partial charge < -0.3 is 4.90 Å². The maximum Gasteiger partial charge on any atom is 0.223 e. The van der Waals surface area contributed by atoms with Crippen molar-refractivity contribution >= 4 is 27.5 Å². The van der Waals surface area contributed by atoms with E-state index in [2.05, 4.69) is 36.6 Å². The van der Waals surface area contributed by atoms with Gasteiger partial charge in [0.1, 0.15) is 5.01 Å². The third-order valence-corrected chi connectivity index (χ3v) is 6.51. The number of benzene rings is 1. The summed E-state index contributed by atoms with van der Waals surface area (Å²) in [4.78, 5) is 19.4. The third-order valence-electron chi connectivity index (χ3n) is 5.30. The lowest BCUT2D eigenvalue weighted by Gasteiger charge is -2.23. The maximum atomic E-state index is 12.8. The van der Waals surface area contributed by atoms with E-state index in [0.717, 1.165) is 33.9 Å². The number of amides is 1. The highest BCUT2D eigenvalue weighted by Crippen LogP contribution is 2.29. The lowest BCUT2D eigenvalue weighted by Crippen LogP contribution is -2.29. The number of aryl methyl sites for hydroxylation is 1. The highest BCUT2D eigenvalue weighted by Gasteiger charge is 2.21. The number of rotatable bonds is 7. The van der Waals surface area contributed by atoms with Gasteiger partial charge in [0, 0.05) is 25.7 Å². The Morgan fingerprint density at radius 3 is 2.61 bits per heavy atom. The molecule has 28 heavy (non-hydrogen) atoms. The molecule has 0 N–H and O–H groups in total. The van der Waals surface area contributed by atoms with Crippen LogP contribution in [0.4, 0.5) is 0 Å². The summed E-state index contributed by atoms with van der Waals surface area (Å²) in [5.74, 6) is 0.690. The van der Waals surface area contributed by atoms with Crippen molar-refractivity contribution in [1.29, 1.82) is 0 Å². The minimum atomic E-state index is -0.0317. The summed E-state index contributed by atoms with van der Waals surface area (Å²) < 4.78 is 3.24. The second-order valence-corrected chi connectivity index (χ2v) is 8.99. The van der Waals surface area contributed by atoms with Crippen LogP contribution in [-0.4, -0.2) is 32.6 Å². The van der Waals surface area contributed by atoms with Crippen molar-refractivity contribution in [1.82, 2.24) is 19.7 Å². The molecule has 5 nitrogen and oxygen atoms in total. The number of aromatic nitrogens is 3. The first-order valence-corrected chi connectivity index (χ1v) is 10.7. The molecule has 6 heteroatoms. The number of carbonyl (C=O) groups is 1. The van der Waals surface area contributed by atoms with Crippen LogP contribution in [-0.2, 0) is 17.8 Å². The second-order valence-electron chi connectivity index (χ2n) is 7.93. The fourth-order valence-electron chi connectivity index (χ4n) is 3.48. The van der Waals surface area contributed by atoms with Gasteiger partial charge in [-0.25, -0.2) is 4.98 Å². The van der Waals surface area contributed by atoms with Crippen LogP contribution in [0.5, 0.6) is 0 Å². The topological polar surface area (TPSA) is 51.0 Å². The number of fused-ring (bicyclic) bond motifs is 1. The van der Waals surface area contributed by atoms with Gasteiger partial charge in [-0.15, -0.1) is 11.3 Å². The SMILES string of the molecule is Cc1nn(CC(C)C)c(C)c1CCC(=O)N(C)[C@H](C)c1nc2ccccc2s1. The quantitative estimate of drug-likeness (QED) is 0.568. The van der Waals surface area contributed by atoms with Crippen molar-refractivity contribution in [3.8, 4) is 0 Å². The Labute approximate surface area is 171 Å². The Morgan fingerprint density at radius 1 is 1.21 bits per heavy atom. The summed E-state index contributed by atoms with van der Waals surface area (Å²) in [6.45, 7) is 11.5. The molecule has 3 rings (SSSR count). The van der Waals surface area contributed by atoms with Crippen LogP contribution in [0, 0.1) is 19.8 Å². The molecular formula is C22H30N4OS. The molecule has 0 fully saturated rings. The predicted octanol–water partition coefficient (Wildman–Crippen LogP) is 4.92. The average molecular weight is 399 g/mol. The Morgan fingerprint density at radius 2 is 1.93 bits per heavy atom. The zero-order valence-electron chi connectivity index (χ0n) is 17.7. The van der Waals surface area contributed by atoms with E-state index in [1.807, 2.05) is 44.0 Å². The molecule has 0 bridgehead atoms. The van der Waals surface area contributed by atoms with Crippen LogP contribution in [0.1, 0.15) is 55.2 Å². The molecule has 0 aliphatic rings. The van der Waals surface area contributed by atoms with Crippen molar-refractivity contribution in [2.75, 3.05) is 7.05 Å². The van der Waals surface area contributed by atoms with E-state index in [-0.39, 0.29) is 11.9 Å². The molecule has 1 aromatic carbocycles. The zero-order valence-corrected chi connectivity index (χ0v) is 18.5. The Hall–Kier alpha value is -2.21. The monoisotopic (exact) mass is 398 g/mol. The molecule has 150 valence electrons. The summed E-state index contributed by atoms with van der Waals surface area (Å²) in [6.07, 6.45) is 1.21. The summed E-state index contributed by atoms with van der Waals surface area (Å²) in [6, 6.07) is 8.08. The first-order valence-electron chi connectivity index (χ1n) is 9.92. The summed E-state index contributed by atoms with van der Waals surface area (Å²) in [5, 5.41) is 5.64. The van der Waals surface area contributed by atoms with E-state index in [4.69, 9.17) is 4.98 Å². The van der Waals surface area contributed by atoms with Crippen LogP contribution in [0.25, 0.3) is 10.2 Å². The van der Waals surface area contributed by atoms with E-state index in [9.17, 15) is 4.79 Å². The Kier molecular flexibility index (Phi) is 6.18. The van der Waals surface area contributed by atoms with Crippen molar-refractivity contribution in [2.45, 2.75) is 60.0 Å². The highest BCUT2D eigenvalue weighted by atomic mass is 32.1. The summed E-state index contributed by atoms with van der Waals surface area (Å²) >= 11 is 1.66. The van der Waals surface area contributed by atoms with E-state index in [0.29, 0.717) is 12.3 Å². The number of thiazole rings is 1. The van der Waals surface area contributed by atoms with Gasteiger partial charge in [0.15, 0.2) is 0 Å². The van der Waals surface area contributed by atoms with Gasteiger partial charge >= 0.3 is 0 Å². The Bertz CT molecular complexity index is 939. The van der Waals surface area contributed by atoms with Gasteiger partial charge in [-0.2, -0.15) is 5.10 Å². The first kappa shape index (κ1) is 20.5. The minimum absolute atomic E-state index is 0.0317. The standard InChI is InChI=1S/C22H30N4OS/c1-14(2)13-26-16(4)18(15(3)24-26)11-12-21(27)25(6)17(5)22-23-19-9-7-8-10-20(19)28-22/h7-10,14,17H,11-13H2,1-6H3/t17-/m1/s1. The van der Waals surface area contributed by atoms with Crippen molar-refractivity contribution in [2.24, 2.45) is 5.92 Å². The molecule has 0 unspecified atom stereocenters. The number of hydrogen-bond acceptors (Lipinski definition) is 4. The average Bonchev–Trinajstić information content (AvgIpc) is 3.19. The first-order chi connectivity index (χ1) is 13.3. The fourth-order valence-corrected chi connectivity index (χ4v) is 4.54. The molecule has 2 aromatic heterocycles. The predicted molar refractivity (Wildman–Crippen MR) is 116 cm³/mol. The molecular weight excluding hydrogens is 368 g/mol. The molecule has 0 saturated heterocycles. The van der Waals surface area contributed by atoms with Crippen LogP contribution >= 0.6 is 11.3 Å². The van der Waals surface area contributed by atoms with Crippen LogP contribution in [0.3, 0.4) is 0 Å². The minimum Gasteiger partial charge on any atom is -0.337 e. The van der Waals surface area contributed by atoms with Crippen molar-refractivity contribution < 1.29 is 4.79 Å². The summed E-state index contributed by atoms with van der Waals surface area (Å²) in [7, 11) is 1.88. The van der Waals surface area contributed by atoms with E-state index >= 15 is 0 Å². The molecule has 3 aromatic rings. The van der Waals surface area contributed by atoms with Crippen molar-refractivity contribution in [3.05, 3.63) is 46.2 Å². The highest BCUT2D eigenvalue weighted by molar-refractivity contribution is 7.18. The molecule has 0 saturated carbocycles. The van der Waals surface area contributed by atoms with E-state index in [1.165, 1.54) is 11.3 Å². The van der Waals surface area contributed by atoms with Gasteiger partial charge in [-0.1, -0.05) is 26.0 Å². The normalized spacial score (nSPS) is 12.7. The van der Waals surface area contributed by atoms with Gasteiger partial charge in [0.05, 0.1) is 22.0 Å². The molecule has 0 spiro atoms. The lowest BCUT2D eigenvalue weighted by molar-refractivity contribution is -0.131. The van der Waals surface area contributed by atoms with Crippen molar-refractivity contribution in [3.63, 3.8) is 0 Å². The molecule has 0 radical (unpaired) electrons. The summed E-state index contributed by atoms with van der Waals surface area (Å²) in [5.41, 5.74) is 4.42. The number of carbonyl (C=O) groups excluding carboxylic acids is 1. The van der Waals surface area contributed by atoms with Crippen LogP contribution in [0.2, 0.25) is 0 Å². The number of nitrogens with zero attached hydrogens (tertiary/aromatic N) is 4. The number of hydrogen-bond donors (Lipinski definition) is 0. The third kappa shape index (κ3) is 4.27. The Balaban J connectivity index is 1.66. The molecule has 0 aliphatic carbocycles. The number of para-hydroxylation sites is 1. The molecule has 0 aliphatic heterocycles. The second kappa shape index (κ2) is 8.43. The largest absolute Gasteiger partial charge is 0.337 e. The van der Waals surface area contributed by atoms with Crippen LogP contribution in [0.15, 0.2) is 24.3 Å². The lowest BCUT2D eigenvalue weighted by atomic mass is 10.1. The van der Waals surface area contributed by atoms with Gasteiger partial charge in [-0.05, 0) is 50.8 Å². The van der Waals surface area contributed by atoms with Gasteiger partial charge in [0.2, 0.25) is 5.91 Å². The fraction of sp³-hybridized carbons (Fsp3) is 0.500. The smallest absolute Gasteiger partial charge is 0.223 e. The van der Waals surface area contributed by atoms with E-state index in [1.54, 1.807) is 11.3 Å². The van der Waals surface area contributed by atoms with E-state index < -0.39 is 0 Å². The molecule has 1 amide bonds. The molecule has 2 heterocycles. The van der Waals surface area contributed by atoms with Crippen LogP contribution < -0.4 is 0 Å².